The molecule has 0 bridgehead atoms. The molecule has 4 rings (SSSR count). The lowest BCUT2D eigenvalue weighted by molar-refractivity contribution is 0.0326. The van der Waals surface area contributed by atoms with Gasteiger partial charge in [-0.15, -0.1) is 0 Å². The minimum Gasteiger partial charge on any atom is -0.508 e. The van der Waals surface area contributed by atoms with Gasteiger partial charge in [0.2, 0.25) is 0 Å². The lowest BCUT2D eigenvalue weighted by Gasteiger charge is -2.21. The Labute approximate surface area is 173 Å². The first-order chi connectivity index (χ1) is 14.5. The van der Waals surface area contributed by atoms with Crippen LogP contribution in [0.15, 0.2) is 78.2 Å². The first-order valence-electron chi connectivity index (χ1n) is 9.42. The maximum atomic E-state index is 12.5. The minimum absolute atomic E-state index is 0.115. The van der Waals surface area contributed by atoms with E-state index in [-0.39, 0.29) is 23.5 Å². The van der Waals surface area contributed by atoms with Crippen molar-refractivity contribution in [3.8, 4) is 5.75 Å². The molecule has 2 N–H and O–H groups in total. The van der Waals surface area contributed by atoms with Gasteiger partial charge < -0.3 is 9.84 Å². The molecule has 1 aliphatic rings. The predicted octanol–water partition coefficient (Wildman–Crippen LogP) is 3.47. The number of hydrogen-bond acceptors (Lipinski definition) is 6. The molecule has 1 aliphatic heterocycles. The third-order valence-electron chi connectivity index (χ3n) is 4.99. The number of nitrogens with zero attached hydrogens (tertiary/aromatic N) is 2. The van der Waals surface area contributed by atoms with Crippen LogP contribution < -0.4 is 5.43 Å². The monoisotopic (exact) mass is 401 g/mol. The molecule has 0 fully saturated rings. The Morgan fingerprint density at radius 2 is 1.77 bits per heavy atom. The minimum atomic E-state index is -0.543. The van der Waals surface area contributed by atoms with Crippen molar-refractivity contribution in [1.82, 2.24) is 10.4 Å². The maximum absolute atomic E-state index is 12.5. The average molecular weight is 401 g/mol. The Morgan fingerprint density at radius 3 is 2.50 bits per heavy atom. The van der Waals surface area contributed by atoms with Gasteiger partial charge in [-0.3, -0.25) is 9.78 Å². The third kappa shape index (κ3) is 3.77. The van der Waals surface area contributed by atoms with Crippen molar-refractivity contribution in [2.24, 2.45) is 11.0 Å². The molecule has 2 atom stereocenters. The van der Waals surface area contributed by atoms with Gasteiger partial charge in [-0.1, -0.05) is 25.1 Å². The third-order valence-corrected chi connectivity index (χ3v) is 4.99. The number of amides is 1. The normalized spacial score (nSPS) is 16.5. The number of benzene rings is 2. The second kappa shape index (κ2) is 8.16. The second-order valence-corrected chi connectivity index (χ2v) is 6.92. The van der Waals surface area contributed by atoms with Crippen LogP contribution in [0.5, 0.6) is 5.75 Å². The number of phenols is 1. The molecule has 7 heteroatoms. The van der Waals surface area contributed by atoms with Gasteiger partial charge in [0, 0.05) is 29.4 Å². The molecule has 1 amide bonds. The number of aromatic hydroxyl groups is 1. The van der Waals surface area contributed by atoms with Crippen molar-refractivity contribution >= 4 is 17.6 Å². The van der Waals surface area contributed by atoms with E-state index in [4.69, 9.17) is 4.74 Å². The molecule has 2 aromatic carbocycles. The van der Waals surface area contributed by atoms with Gasteiger partial charge in [0.15, 0.2) is 0 Å². The van der Waals surface area contributed by atoms with Gasteiger partial charge in [-0.05, 0) is 48.0 Å². The molecule has 1 aromatic heterocycles. The topological polar surface area (TPSA) is 101 Å². The van der Waals surface area contributed by atoms with Gasteiger partial charge in [-0.25, -0.2) is 10.2 Å². The van der Waals surface area contributed by atoms with E-state index < -0.39 is 6.10 Å². The Balaban J connectivity index is 1.68. The number of nitrogens with one attached hydrogen (secondary N) is 1. The zero-order valence-electron chi connectivity index (χ0n) is 16.1. The fraction of sp³-hybridized carbons (Fsp3) is 0.130. The van der Waals surface area contributed by atoms with Crippen LogP contribution in [0.4, 0.5) is 0 Å². The van der Waals surface area contributed by atoms with Gasteiger partial charge in [0.1, 0.15) is 11.9 Å². The highest BCUT2D eigenvalue weighted by atomic mass is 16.5. The average Bonchev–Trinajstić information content (AvgIpc) is 3.12. The van der Waals surface area contributed by atoms with Crippen LogP contribution in [0.3, 0.4) is 0 Å². The number of esters is 1. The van der Waals surface area contributed by atoms with Crippen molar-refractivity contribution < 1.29 is 19.4 Å². The number of cyclic esters (lactones) is 1. The van der Waals surface area contributed by atoms with Crippen molar-refractivity contribution in [2.75, 3.05) is 0 Å². The summed E-state index contributed by atoms with van der Waals surface area (Å²) < 4.78 is 5.62. The first-order valence-corrected chi connectivity index (χ1v) is 9.42. The summed E-state index contributed by atoms with van der Waals surface area (Å²) in [6.45, 7) is 1.88. The van der Waals surface area contributed by atoms with Gasteiger partial charge in [0.25, 0.3) is 5.91 Å². The number of ether oxygens (including phenoxy) is 1. The summed E-state index contributed by atoms with van der Waals surface area (Å²) in [5.41, 5.74) is 5.51. The van der Waals surface area contributed by atoms with Crippen molar-refractivity contribution in [3.05, 3.63) is 95.3 Å². The maximum Gasteiger partial charge on any atom is 0.339 e. The summed E-state index contributed by atoms with van der Waals surface area (Å²) in [5, 5.41) is 14.0. The standard InChI is InChI=1S/C23H19N3O4/c1-14(21-18-4-2-3-5-19(18)23(29)30-21)20(15-6-8-17(27)9-7-15)25-26-22(28)16-10-12-24-13-11-16/h2-14,21,27H,1H3,(H,26,28). The van der Waals surface area contributed by atoms with Crippen LogP contribution in [0.2, 0.25) is 0 Å². The van der Waals surface area contributed by atoms with Crippen LogP contribution in [0.25, 0.3) is 0 Å². The molecule has 0 aliphatic carbocycles. The van der Waals surface area contributed by atoms with E-state index in [1.54, 1.807) is 36.4 Å². The Bertz CT molecular complexity index is 1110. The lowest BCUT2D eigenvalue weighted by atomic mass is 9.89. The predicted molar refractivity (Wildman–Crippen MR) is 110 cm³/mol. The van der Waals surface area contributed by atoms with Crippen LogP contribution in [0, 0.1) is 5.92 Å². The van der Waals surface area contributed by atoms with Crippen LogP contribution >= 0.6 is 0 Å². The molecule has 2 unspecified atom stereocenters. The van der Waals surface area contributed by atoms with Crippen molar-refractivity contribution in [2.45, 2.75) is 13.0 Å². The number of rotatable bonds is 5. The second-order valence-electron chi connectivity index (χ2n) is 6.92. The molecular formula is C23H19N3O4. The smallest absolute Gasteiger partial charge is 0.339 e. The molecule has 0 spiro atoms. The Morgan fingerprint density at radius 1 is 1.07 bits per heavy atom. The van der Waals surface area contributed by atoms with E-state index in [0.717, 1.165) is 5.56 Å². The Kier molecular flexibility index (Phi) is 5.26. The number of hydrazone groups is 1. The summed E-state index contributed by atoms with van der Waals surface area (Å²) in [6.07, 6.45) is 2.51. The molecule has 150 valence electrons. The zero-order valence-corrected chi connectivity index (χ0v) is 16.1. The quantitative estimate of drug-likeness (QED) is 0.387. The highest BCUT2D eigenvalue weighted by Crippen LogP contribution is 2.37. The highest BCUT2D eigenvalue weighted by Gasteiger charge is 2.37. The summed E-state index contributed by atoms with van der Waals surface area (Å²) in [7, 11) is 0. The molecule has 7 nitrogen and oxygen atoms in total. The van der Waals surface area contributed by atoms with E-state index in [1.165, 1.54) is 24.5 Å². The molecule has 2 heterocycles. The van der Waals surface area contributed by atoms with Gasteiger partial charge in [-0.2, -0.15) is 5.10 Å². The number of carbonyl (C=O) groups is 2. The van der Waals surface area contributed by atoms with Crippen molar-refractivity contribution in [3.63, 3.8) is 0 Å². The SMILES string of the molecule is CC(C(=NNC(=O)c1ccncc1)c1ccc(O)cc1)C1OC(=O)c2ccccc21. The molecule has 0 radical (unpaired) electrons. The number of fused-ring (bicyclic) bond motifs is 1. The number of hydrogen-bond donors (Lipinski definition) is 2. The van der Waals surface area contributed by atoms with E-state index >= 15 is 0 Å². The first kappa shape index (κ1) is 19.3. The summed E-state index contributed by atoms with van der Waals surface area (Å²) in [4.78, 5) is 28.6. The van der Waals surface area contributed by atoms with E-state index in [9.17, 15) is 14.7 Å². The van der Waals surface area contributed by atoms with Gasteiger partial charge in [0.05, 0.1) is 11.3 Å². The largest absolute Gasteiger partial charge is 0.508 e. The van der Waals surface area contributed by atoms with Crippen LogP contribution in [-0.4, -0.2) is 27.7 Å². The molecular weight excluding hydrogens is 382 g/mol. The fourth-order valence-electron chi connectivity index (χ4n) is 3.43. The van der Waals surface area contributed by atoms with E-state index in [1.807, 2.05) is 19.1 Å². The Hall–Kier alpha value is -4.00. The van der Waals surface area contributed by atoms with E-state index in [0.29, 0.717) is 22.4 Å². The fourth-order valence-corrected chi connectivity index (χ4v) is 3.43. The summed E-state index contributed by atoms with van der Waals surface area (Å²) in [5.74, 6) is -1.01. The highest BCUT2D eigenvalue weighted by molar-refractivity contribution is 6.05. The number of pyridine rings is 1. The molecule has 0 saturated heterocycles. The van der Waals surface area contributed by atoms with Gasteiger partial charge >= 0.3 is 5.97 Å². The molecule has 30 heavy (non-hydrogen) atoms. The summed E-state index contributed by atoms with van der Waals surface area (Å²) in [6, 6.07) is 16.9. The lowest BCUT2D eigenvalue weighted by Crippen LogP contribution is -2.26. The van der Waals surface area contributed by atoms with E-state index in [2.05, 4.69) is 15.5 Å². The zero-order chi connectivity index (χ0) is 21.1. The number of phenolic OH excluding ortho intramolecular Hbond substituents is 1. The molecule has 0 saturated carbocycles. The number of carbonyl (C=O) groups excluding carboxylic acids is 2. The van der Waals surface area contributed by atoms with Crippen LogP contribution in [0.1, 0.15) is 44.9 Å². The van der Waals surface area contributed by atoms with Crippen LogP contribution in [-0.2, 0) is 4.74 Å². The van der Waals surface area contributed by atoms with Crippen molar-refractivity contribution in [1.29, 1.82) is 0 Å². The summed E-state index contributed by atoms with van der Waals surface area (Å²) >= 11 is 0. The number of aromatic nitrogens is 1. The molecule has 3 aromatic rings.